The number of hydrogen-bond donors (Lipinski definition) is 2. The topological polar surface area (TPSA) is 90.3 Å². The van der Waals surface area contributed by atoms with E-state index in [4.69, 9.17) is 33.3 Å². The van der Waals surface area contributed by atoms with Gasteiger partial charge in [-0.3, -0.25) is 10.1 Å². The Morgan fingerprint density at radius 2 is 1.83 bits per heavy atom. The number of anilines is 1. The van der Waals surface area contributed by atoms with Crippen LogP contribution in [0.2, 0.25) is 5.02 Å². The summed E-state index contributed by atoms with van der Waals surface area (Å²) in [6, 6.07) is 17.7. The lowest BCUT2D eigenvalue weighted by Gasteiger charge is -2.13. The van der Waals surface area contributed by atoms with Gasteiger partial charge in [0.25, 0.3) is 5.91 Å². The summed E-state index contributed by atoms with van der Waals surface area (Å²) < 4.78 is 10.9. The van der Waals surface area contributed by atoms with Gasteiger partial charge in [-0.2, -0.15) is 4.80 Å². The SMILES string of the molecule is CC[C@@H](C)Oc1ccc(C(=O)NC(=S)Nc2ccc3nn(-c4ccc(OC)c(Cl)c4)nc3c2)cc1. The molecule has 0 saturated carbocycles. The van der Waals surface area contributed by atoms with Crippen LogP contribution in [0.3, 0.4) is 0 Å². The average molecular weight is 510 g/mol. The molecule has 0 saturated heterocycles. The third-order valence-corrected chi connectivity index (χ3v) is 5.76. The van der Waals surface area contributed by atoms with Gasteiger partial charge in [-0.05, 0) is 86.2 Å². The zero-order valence-electron chi connectivity index (χ0n) is 19.4. The third-order valence-electron chi connectivity index (χ3n) is 5.26. The molecule has 4 aromatic rings. The van der Waals surface area contributed by atoms with Crippen LogP contribution in [0.15, 0.2) is 60.7 Å². The van der Waals surface area contributed by atoms with Crippen molar-refractivity contribution in [2.24, 2.45) is 0 Å². The predicted octanol–water partition coefficient (Wildman–Crippen LogP) is 5.39. The van der Waals surface area contributed by atoms with Crippen molar-refractivity contribution in [1.82, 2.24) is 20.3 Å². The minimum absolute atomic E-state index is 0.111. The Morgan fingerprint density at radius 1 is 1.09 bits per heavy atom. The molecule has 0 aliphatic carbocycles. The Balaban J connectivity index is 1.41. The number of aromatic nitrogens is 3. The molecule has 0 unspecified atom stereocenters. The molecule has 35 heavy (non-hydrogen) atoms. The van der Waals surface area contributed by atoms with Crippen LogP contribution in [0.25, 0.3) is 16.7 Å². The van der Waals surface area contributed by atoms with Crippen molar-refractivity contribution < 1.29 is 14.3 Å². The van der Waals surface area contributed by atoms with Crippen molar-refractivity contribution in [3.63, 3.8) is 0 Å². The molecule has 0 aliphatic rings. The van der Waals surface area contributed by atoms with Gasteiger partial charge in [0.05, 0.1) is 23.9 Å². The highest BCUT2D eigenvalue weighted by Crippen LogP contribution is 2.27. The summed E-state index contributed by atoms with van der Waals surface area (Å²) in [5.74, 6) is 0.973. The zero-order chi connectivity index (χ0) is 24.9. The normalized spacial score (nSPS) is 11.7. The predicted molar refractivity (Wildman–Crippen MR) is 141 cm³/mol. The smallest absolute Gasteiger partial charge is 0.257 e. The van der Waals surface area contributed by atoms with Gasteiger partial charge in [0, 0.05) is 11.3 Å². The summed E-state index contributed by atoms with van der Waals surface area (Å²) in [6.07, 6.45) is 1.01. The fourth-order valence-corrected chi connectivity index (χ4v) is 3.69. The molecule has 0 aliphatic heterocycles. The van der Waals surface area contributed by atoms with E-state index in [2.05, 4.69) is 27.8 Å². The first-order valence-electron chi connectivity index (χ1n) is 11.0. The van der Waals surface area contributed by atoms with Gasteiger partial charge in [-0.25, -0.2) is 0 Å². The summed E-state index contributed by atoms with van der Waals surface area (Å²) in [5.41, 5.74) is 3.18. The fourth-order valence-electron chi connectivity index (χ4n) is 3.23. The second kappa shape index (κ2) is 10.7. The lowest BCUT2D eigenvalue weighted by atomic mass is 10.2. The molecule has 4 rings (SSSR count). The second-order valence-corrected chi connectivity index (χ2v) is 8.60. The summed E-state index contributed by atoms with van der Waals surface area (Å²) in [7, 11) is 1.56. The Labute approximate surface area is 213 Å². The largest absolute Gasteiger partial charge is 0.495 e. The molecule has 3 aromatic carbocycles. The number of carbonyl (C=O) groups is 1. The number of methoxy groups -OCH3 is 1. The highest BCUT2D eigenvalue weighted by Gasteiger charge is 2.11. The molecule has 1 heterocycles. The summed E-state index contributed by atoms with van der Waals surface area (Å²) in [4.78, 5) is 14.1. The Morgan fingerprint density at radius 3 is 2.51 bits per heavy atom. The van der Waals surface area contributed by atoms with Crippen molar-refractivity contribution >= 4 is 51.6 Å². The van der Waals surface area contributed by atoms with Crippen molar-refractivity contribution in [3.8, 4) is 17.2 Å². The molecule has 2 N–H and O–H groups in total. The molecular weight excluding hydrogens is 486 g/mol. The molecule has 1 aromatic heterocycles. The lowest BCUT2D eigenvalue weighted by Crippen LogP contribution is -2.34. The van der Waals surface area contributed by atoms with E-state index >= 15 is 0 Å². The molecule has 1 amide bonds. The van der Waals surface area contributed by atoms with Crippen molar-refractivity contribution in [2.75, 3.05) is 12.4 Å². The monoisotopic (exact) mass is 509 g/mol. The molecule has 0 fully saturated rings. The van der Waals surface area contributed by atoms with E-state index in [1.54, 1.807) is 49.6 Å². The number of ether oxygens (including phenoxy) is 2. The standard InChI is InChI=1S/C25H24ClN5O3S/c1-4-15(2)34-19-9-5-16(6-10-19)24(32)28-25(35)27-17-7-11-21-22(13-17)30-31(29-21)18-8-12-23(33-3)20(26)14-18/h5-15H,4H2,1-3H3,(H2,27,28,32,35)/t15-/m1/s1. The van der Waals surface area contributed by atoms with E-state index in [1.165, 1.54) is 4.80 Å². The quantitative estimate of drug-likeness (QED) is 0.323. The van der Waals surface area contributed by atoms with E-state index in [-0.39, 0.29) is 17.1 Å². The highest BCUT2D eigenvalue weighted by atomic mass is 35.5. The molecular formula is C25H24ClN5O3S. The first kappa shape index (κ1) is 24.4. The van der Waals surface area contributed by atoms with Crippen LogP contribution >= 0.6 is 23.8 Å². The van der Waals surface area contributed by atoms with Gasteiger partial charge < -0.3 is 14.8 Å². The third kappa shape index (κ3) is 5.87. The van der Waals surface area contributed by atoms with Crippen LogP contribution in [0.5, 0.6) is 11.5 Å². The number of nitrogens with zero attached hydrogens (tertiary/aromatic N) is 3. The highest BCUT2D eigenvalue weighted by molar-refractivity contribution is 7.80. The zero-order valence-corrected chi connectivity index (χ0v) is 21.0. The van der Waals surface area contributed by atoms with E-state index in [0.29, 0.717) is 38.7 Å². The van der Waals surface area contributed by atoms with Gasteiger partial charge in [0.2, 0.25) is 0 Å². The number of halogens is 1. The molecule has 1 atom stereocenters. The van der Waals surface area contributed by atoms with Gasteiger partial charge in [0.15, 0.2) is 5.11 Å². The minimum atomic E-state index is -0.319. The van der Waals surface area contributed by atoms with Crippen LogP contribution in [0.4, 0.5) is 5.69 Å². The second-order valence-electron chi connectivity index (χ2n) is 7.78. The maximum atomic E-state index is 12.6. The number of rotatable bonds is 7. The number of fused-ring (bicyclic) bond motifs is 1. The van der Waals surface area contributed by atoms with Crippen LogP contribution in [-0.2, 0) is 0 Å². The number of carbonyl (C=O) groups excluding carboxylic acids is 1. The van der Waals surface area contributed by atoms with Crippen LogP contribution < -0.4 is 20.1 Å². The van der Waals surface area contributed by atoms with Crippen molar-refractivity contribution in [1.29, 1.82) is 0 Å². The molecule has 180 valence electrons. The van der Waals surface area contributed by atoms with Gasteiger partial charge in [-0.1, -0.05) is 18.5 Å². The number of benzene rings is 3. The number of thiocarbonyl (C=S) groups is 1. The van der Waals surface area contributed by atoms with E-state index in [9.17, 15) is 4.79 Å². The molecule has 0 spiro atoms. The maximum Gasteiger partial charge on any atom is 0.257 e. The number of amides is 1. The van der Waals surface area contributed by atoms with Gasteiger partial charge in [-0.15, -0.1) is 10.2 Å². The summed E-state index contributed by atoms with van der Waals surface area (Å²) in [6.45, 7) is 4.05. The Kier molecular flexibility index (Phi) is 7.48. The molecule has 0 radical (unpaired) electrons. The van der Waals surface area contributed by atoms with E-state index in [0.717, 1.165) is 12.2 Å². The summed E-state index contributed by atoms with van der Waals surface area (Å²) >= 11 is 11.5. The van der Waals surface area contributed by atoms with E-state index < -0.39 is 0 Å². The Bertz CT molecular complexity index is 1370. The van der Waals surface area contributed by atoms with Crippen LogP contribution in [0.1, 0.15) is 30.6 Å². The number of nitrogens with one attached hydrogen (secondary N) is 2. The van der Waals surface area contributed by atoms with E-state index in [1.807, 2.05) is 25.1 Å². The van der Waals surface area contributed by atoms with Crippen molar-refractivity contribution in [3.05, 3.63) is 71.2 Å². The van der Waals surface area contributed by atoms with Crippen molar-refractivity contribution in [2.45, 2.75) is 26.4 Å². The molecule has 8 nitrogen and oxygen atoms in total. The van der Waals surface area contributed by atoms with Crippen LogP contribution in [0, 0.1) is 0 Å². The number of hydrogen-bond acceptors (Lipinski definition) is 6. The summed E-state index contributed by atoms with van der Waals surface area (Å²) in [5, 5.41) is 15.3. The molecule has 10 heteroatoms. The lowest BCUT2D eigenvalue weighted by molar-refractivity contribution is 0.0977. The first-order valence-corrected chi connectivity index (χ1v) is 11.7. The van der Waals surface area contributed by atoms with Gasteiger partial charge in [0.1, 0.15) is 22.5 Å². The Hall–Kier alpha value is -3.69. The first-order chi connectivity index (χ1) is 16.9. The maximum absolute atomic E-state index is 12.6. The van der Waals surface area contributed by atoms with Crippen LogP contribution in [-0.4, -0.2) is 39.2 Å². The fraction of sp³-hybridized carbons (Fsp3) is 0.200. The minimum Gasteiger partial charge on any atom is -0.495 e. The average Bonchev–Trinajstić information content (AvgIpc) is 3.27. The van der Waals surface area contributed by atoms with Gasteiger partial charge >= 0.3 is 0 Å². The molecule has 0 bridgehead atoms.